The minimum atomic E-state index is -0.259. The Hall–Kier alpha value is -3.71. The maximum atomic E-state index is 13.4. The summed E-state index contributed by atoms with van der Waals surface area (Å²) < 4.78 is 12.6. The van der Waals surface area contributed by atoms with Crippen molar-refractivity contribution in [1.82, 2.24) is 9.78 Å². The Bertz CT molecular complexity index is 1240. The van der Waals surface area contributed by atoms with Gasteiger partial charge in [-0.15, -0.1) is 11.8 Å². The molecule has 0 fully saturated rings. The first-order valence-corrected chi connectivity index (χ1v) is 11.2. The van der Waals surface area contributed by atoms with Gasteiger partial charge in [0.2, 0.25) is 0 Å². The number of rotatable bonds is 7. The number of hydrogen-bond donors (Lipinski definition) is 1. The van der Waals surface area contributed by atoms with E-state index in [1.54, 1.807) is 42.9 Å². The van der Waals surface area contributed by atoms with Crippen LogP contribution in [0.15, 0.2) is 83.9 Å². The first-order valence-electron chi connectivity index (χ1n) is 9.96. The molecule has 3 aromatic carbocycles. The van der Waals surface area contributed by atoms with Crippen molar-refractivity contribution < 1.29 is 14.3 Å². The highest BCUT2D eigenvalue weighted by molar-refractivity contribution is 7.98. The molecule has 0 saturated heterocycles. The summed E-state index contributed by atoms with van der Waals surface area (Å²) in [7, 11) is 3.19. The van der Waals surface area contributed by atoms with E-state index in [1.165, 1.54) is 0 Å². The topological polar surface area (TPSA) is 65.4 Å². The van der Waals surface area contributed by atoms with Crippen molar-refractivity contribution in [3.63, 3.8) is 0 Å². The number of carbonyl (C=O) groups is 1. The molecule has 0 aliphatic rings. The molecule has 0 radical (unpaired) electrons. The van der Waals surface area contributed by atoms with Gasteiger partial charge < -0.3 is 14.8 Å². The van der Waals surface area contributed by atoms with Gasteiger partial charge in [0.1, 0.15) is 17.2 Å². The highest BCUT2D eigenvalue weighted by atomic mass is 32.2. The molecule has 0 aliphatic heterocycles. The van der Waals surface area contributed by atoms with Crippen LogP contribution in [-0.4, -0.2) is 36.2 Å². The number of aromatic nitrogens is 2. The molecule has 4 aromatic rings. The number of benzene rings is 3. The normalized spacial score (nSPS) is 10.6. The highest BCUT2D eigenvalue weighted by Gasteiger charge is 2.22. The number of thioether (sulfide) groups is 1. The van der Waals surface area contributed by atoms with Gasteiger partial charge in [-0.05, 0) is 54.8 Å². The summed E-state index contributed by atoms with van der Waals surface area (Å²) in [6, 6.07) is 22.8. The fraction of sp³-hybridized carbons (Fsp3) is 0.120. The number of nitrogens with one attached hydrogen (secondary N) is 1. The largest absolute Gasteiger partial charge is 0.497 e. The number of amides is 1. The van der Waals surface area contributed by atoms with Crippen molar-refractivity contribution in [2.75, 3.05) is 25.8 Å². The lowest BCUT2D eigenvalue weighted by Crippen LogP contribution is -2.12. The molecule has 6 nitrogen and oxygen atoms in total. The van der Waals surface area contributed by atoms with E-state index < -0.39 is 0 Å². The number of ether oxygens (including phenoxy) is 2. The Morgan fingerprint density at radius 2 is 1.78 bits per heavy atom. The lowest BCUT2D eigenvalue weighted by Gasteiger charge is -2.11. The van der Waals surface area contributed by atoms with Gasteiger partial charge in [-0.2, -0.15) is 5.10 Å². The van der Waals surface area contributed by atoms with Crippen LogP contribution in [0.3, 0.4) is 0 Å². The van der Waals surface area contributed by atoms with Gasteiger partial charge in [0, 0.05) is 22.3 Å². The van der Waals surface area contributed by atoms with Crippen LogP contribution >= 0.6 is 11.8 Å². The molecule has 1 heterocycles. The Morgan fingerprint density at radius 1 is 0.969 bits per heavy atom. The Morgan fingerprint density at radius 3 is 2.50 bits per heavy atom. The molecule has 0 aliphatic carbocycles. The van der Waals surface area contributed by atoms with Crippen molar-refractivity contribution >= 4 is 23.4 Å². The number of para-hydroxylation sites is 1. The second kappa shape index (κ2) is 9.62. The van der Waals surface area contributed by atoms with E-state index in [4.69, 9.17) is 14.6 Å². The SMILES string of the molecule is COc1ccc(OC)c(-c2nn(-c3ccccc3)cc2C(=O)Nc2cccc(SC)c2)c1. The van der Waals surface area contributed by atoms with E-state index in [9.17, 15) is 4.79 Å². The standard InChI is InChI=1S/C25H23N3O3S/c1-30-19-12-13-23(31-2)21(15-19)24-22(16-28(27-24)18-9-5-4-6-10-18)25(29)26-17-8-7-11-20(14-17)32-3/h4-16H,1-3H3,(H,26,29). The van der Waals surface area contributed by atoms with Crippen LogP contribution < -0.4 is 14.8 Å². The lowest BCUT2D eigenvalue weighted by atomic mass is 10.1. The maximum absolute atomic E-state index is 13.4. The number of hydrogen-bond acceptors (Lipinski definition) is 5. The molecule has 0 spiro atoms. The number of methoxy groups -OCH3 is 2. The third-order valence-corrected chi connectivity index (χ3v) is 5.69. The Balaban J connectivity index is 1.82. The quantitative estimate of drug-likeness (QED) is 0.379. The first kappa shape index (κ1) is 21.5. The maximum Gasteiger partial charge on any atom is 0.259 e. The molecule has 162 valence electrons. The van der Waals surface area contributed by atoms with Gasteiger partial charge >= 0.3 is 0 Å². The molecule has 0 saturated carbocycles. The van der Waals surface area contributed by atoms with Crippen molar-refractivity contribution in [3.8, 4) is 28.4 Å². The molecule has 32 heavy (non-hydrogen) atoms. The third-order valence-electron chi connectivity index (χ3n) is 4.97. The average Bonchev–Trinajstić information content (AvgIpc) is 3.30. The van der Waals surface area contributed by atoms with Crippen molar-refractivity contribution in [3.05, 3.63) is 84.6 Å². The van der Waals surface area contributed by atoms with E-state index in [-0.39, 0.29) is 5.91 Å². The van der Waals surface area contributed by atoms with Crippen LogP contribution in [0.25, 0.3) is 16.9 Å². The van der Waals surface area contributed by atoms with Crippen LogP contribution in [0.5, 0.6) is 11.5 Å². The summed E-state index contributed by atoms with van der Waals surface area (Å²) in [5.41, 5.74) is 3.17. The summed E-state index contributed by atoms with van der Waals surface area (Å²) >= 11 is 1.62. The summed E-state index contributed by atoms with van der Waals surface area (Å²) in [5.74, 6) is 0.988. The van der Waals surface area contributed by atoms with Crippen LogP contribution in [0.1, 0.15) is 10.4 Å². The highest BCUT2D eigenvalue weighted by Crippen LogP contribution is 2.35. The number of anilines is 1. The number of carbonyl (C=O) groups excluding carboxylic acids is 1. The third kappa shape index (κ3) is 4.48. The fourth-order valence-corrected chi connectivity index (χ4v) is 3.81. The molecular weight excluding hydrogens is 422 g/mol. The van der Waals surface area contributed by atoms with E-state index in [1.807, 2.05) is 73.0 Å². The predicted octanol–water partition coefficient (Wildman–Crippen LogP) is 5.53. The van der Waals surface area contributed by atoms with E-state index in [0.717, 1.165) is 16.3 Å². The van der Waals surface area contributed by atoms with Crippen LogP contribution in [0, 0.1) is 0 Å². The smallest absolute Gasteiger partial charge is 0.259 e. The molecule has 0 atom stereocenters. The fourth-order valence-electron chi connectivity index (χ4n) is 3.35. The molecule has 1 amide bonds. The van der Waals surface area contributed by atoms with Crippen LogP contribution in [0.2, 0.25) is 0 Å². The van der Waals surface area contributed by atoms with Gasteiger partial charge in [-0.25, -0.2) is 4.68 Å². The zero-order valence-electron chi connectivity index (χ0n) is 18.0. The molecule has 1 N–H and O–H groups in total. The van der Waals surface area contributed by atoms with E-state index >= 15 is 0 Å². The van der Waals surface area contributed by atoms with E-state index in [2.05, 4.69) is 5.32 Å². The molecular formula is C25H23N3O3S. The molecule has 0 bridgehead atoms. The second-order valence-electron chi connectivity index (χ2n) is 6.92. The number of nitrogens with zero attached hydrogens (tertiary/aromatic N) is 2. The monoisotopic (exact) mass is 445 g/mol. The van der Waals surface area contributed by atoms with Gasteiger partial charge in [0.05, 0.1) is 25.5 Å². The summed E-state index contributed by atoms with van der Waals surface area (Å²) in [6.45, 7) is 0. The molecule has 0 unspecified atom stereocenters. The summed E-state index contributed by atoms with van der Waals surface area (Å²) in [4.78, 5) is 14.4. The second-order valence-corrected chi connectivity index (χ2v) is 7.80. The van der Waals surface area contributed by atoms with Crippen molar-refractivity contribution in [2.45, 2.75) is 4.90 Å². The van der Waals surface area contributed by atoms with E-state index in [0.29, 0.717) is 28.3 Å². The molecule has 4 rings (SSSR count). The zero-order chi connectivity index (χ0) is 22.5. The zero-order valence-corrected chi connectivity index (χ0v) is 18.8. The van der Waals surface area contributed by atoms with Crippen LogP contribution in [0.4, 0.5) is 5.69 Å². The summed E-state index contributed by atoms with van der Waals surface area (Å²) in [5, 5.41) is 7.74. The Labute approximate surface area is 191 Å². The molecule has 1 aromatic heterocycles. The van der Waals surface area contributed by atoms with Crippen molar-refractivity contribution in [2.24, 2.45) is 0 Å². The minimum Gasteiger partial charge on any atom is -0.497 e. The minimum absolute atomic E-state index is 0.259. The predicted molar refractivity (Wildman–Crippen MR) is 128 cm³/mol. The van der Waals surface area contributed by atoms with Gasteiger partial charge in [-0.1, -0.05) is 24.3 Å². The first-order chi connectivity index (χ1) is 15.6. The van der Waals surface area contributed by atoms with Gasteiger partial charge in [0.25, 0.3) is 5.91 Å². The average molecular weight is 446 g/mol. The van der Waals surface area contributed by atoms with Crippen LogP contribution in [-0.2, 0) is 0 Å². The molecule has 7 heteroatoms. The summed E-state index contributed by atoms with van der Waals surface area (Å²) in [6.07, 6.45) is 3.73. The van der Waals surface area contributed by atoms with Crippen molar-refractivity contribution in [1.29, 1.82) is 0 Å². The Kier molecular flexibility index (Phi) is 6.47. The van der Waals surface area contributed by atoms with Gasteiger partial charge in [0.15, 0.2) is 0 Å². The lowest BCUT2D eigenvalue weighted by molar-refractivity contribution is 0.102. The van der Waals surface area contributed by atoms with Gasteiger partial charge in [-0.3, -0.25) is 4.79 Å².